The zero-order valence-electron chi connectivity index (χ0n) is 15.9. The van der Waals surface area contributed by atoms with Gasteiger partial charge >= 0.3 is 0 Å². The van der Waals surface area contributed by atoms with Crippen LogP contribution in [0.2, 0.25) is 0 Å². The van der Waals surface area contributed by atoms with Crippen LogP contribution >= 0.6 is 0 Å². The van der Waals surface area contributed by atoms with E-state index < -0.39 is 6.10 Å². The number of β-amino-alcohol motifs (C(OH)–C–C–N with tert-alkyl or cyclic N) is 1. The molecule has 1 heterocycles. The molecule has 1 atom stereocenters. The van der Waals surface area contributed by atoms with Gasteiger partial charge < -0.3 is 14.7 Å². The smallest absolute Gasteiger partial charge is 0.119 e. The Kier molecular flexibility index (Phi) is 4.48. The van der Waals surface area contributed by atoms with E-state index in [2.05, 4.69) is 29.2 Å². The second-order valence-corrected chi connectivity index (χ2v) is 9.69. The number of hydrogen-bond donors (Lipinski definition) is 1. The third-order valence-corrected chi connectivity index (χ3v) is 7.61. The highest BCUT2D eigenvalue weighted by molar-refractivity contribution is 5.34. The van der Waals surface area contributed by atoms with Crippen molar-refractivity contribution in [3.05, 3.63) is 29.8 Å². The summed E-state index contributed by atoms with van der Waals surface area (Å²) in [5, 5.41) is 10.2. The van der Waals surface area contributed by atoms with Crippen LogP contribution in [0.1, 0.15) is 56.9 Å². The fourth-order valence-corrected chi connectivity index (χ4v) is 6.88. The average molecular weight is 356 g/mol. The maximum absolute atomic E-state index is 10.2. The Labute approximate surface area is 157 Å². The highest BCUT2D eigenvalue weighted by atomic mass is 16.5. The summed E-state index contributed by atoms with van der Waals surface area (Å²) in [7, 11) is 0. The van der Waals surface area contributed by atoms with Crippen LogP contribution in [-0.2, 0) is 5.41 Å². The lowest BCUT2D eigenvalue weighted by molar-refractivity contribution is -0.00522. The van der Waals surface area contributed by atoms with Gasteiger partial charge in [0.25, 0.3) is 0 Å². The number of aliphatic hydroxyl groups excluding tert-OH is 1. The summed E-state index contributed by atoms with van der Waals surface area (Å²) in [6.45, 7) is 3.38. The third kappa shape index (κ3) is 3.29. The molecule has 5 fully saturated rings. The molecule has 142 valence electrons. The Morgan fingerprint density at radius 3 is 2.12 bits per heavy atom. The van der Waals surface area contributed by atoms with Gasteiger partial charge in [-0.1, -0.05) is 12.1 Å². The summed E-state index contributed by atoms with van der Waals surface area (Å²) >= 11 is 0. The molecule has 3 heteroatoms. The fraction of sp³-hybridized carbons (Fsp3) is 0.739. The molecule has 1 aromatic carbocycles. The minimum absolute atomic E-state index is 0.393. The van der Waals surface area contributed by atoms with Crippen molar-refractivity contribution in [1.82, 2.24) is 4.90 Å². The summed E-state index contributed by atoms with van der Waals surface area (Å²) in [6, 6.07) is 8.90. The van der Waals surface area contributed by atoms with Crippen molar-refractivity contribution in [2.24, 2.45) is 17.8 Å². The summed E-state index contributed by atoms with van der Waals surface area (Å²) in [6.07, 6.45) is 10.9. The normalized spacial score (nSPS) is 37.2. The number of nitrogens with zero attached hydrogens (tertiary/aromatic N) is 1. The van der Waals surface area contributed by atoms with Gasteiger partial charge in [0.2, 0.25) is 0 Å². The molecule has 5 aliphatic rings. The van der Waals surface area contributed by atoms with Crippen LogP contribution < -0.4 is 4.74 Å². The lowest BCUT2D eigenvalue weighted by Crippen LogP contribution is -2.48. The molecular weight excluding hydrogens is 322 g/mol. The Hall–Kier alpha value is -1.06. The molecule has 0 aromatic heterocycles. The maximum atomic E-state index is 10.2. The van der Waals surface area contributed by atoms with Gasteiger partial charge in [-0.05, 0) is 105 Å². The molecule has 0 unspecified atom stereocenters. The molecule has 4 aliphatic carbocycles. The van der Waals surface area contributed by atoms with Gasteiger partial charge in [0.1, 0.15) is 18.5 Å². The van der Waals surface area contributed by atoms with Crippen molar-refractivity contribution in [1.29, 1.82) is 0 Å². The van der Waals surface area contributed by atoms with Gasteiger partial charge in [-0.2, -0.15) is 0 Å². The van der Waals surface area contributed by atoms with Crippen molar-refractivity contribution < 1.29 is 9.84 Å². The molecule has 1 N–H and O–H groups in total. The Bertz CT molecular complexity index is 584. The van der Waals surface area contributed by atoms with Gasteiger partial charge in [-0.15, -0.1) is 0 Å². The topological polar surface area (TPSA) is 32.7 Å². The molecule has 4 bridgehead atoms. The van der Waals surface area contributed by atoms with Crippen LogP contribution in [0.3, 0.4) is 0 Å². The lowest BCUT2D eigenvalue weighted by Gasteiger charge is -2.57. The number of likely N-dealkylation sites (tertiary alicyclic amines) is 1. The van der Waals surface area contributed by atoms with E-state index in [1.54, 1.807) is 5.56 Å². The van der Waals surface area contributed by atoms with Gasteiger partial charge in [0.15, 0.2) is 0 Å². The average Bonchev–Trinajstić information content (AvgIpc) is 3.12. The minimum atomic E-state index is -0.393. The number of benzene rings is 1. The number of hydrogen-bond acceptors (Lipinski definition) is 3. The highest BCUT2D eigenvalue weighted by Gasteiger charge is 2.51. The van der Waals surface area contributed by atoms with Crippen LogP contribution in [0, 0.1) is 17.8 Å². The molecule has 3 nitrogen and oxygen atoms in total. The minimum Gasteiger partial charge on any atom is -0.491 e. The van der Waals surface area contributed by atoms with Crippen molar-refractivity contribution in [3.63, 3.8) is 0 Å². The van der Waals surface area contributed by atoms with E-state index in [4.69, 9.17) is 4.74 Å². The van der Waals surface area contributed by atoms with E-state index in [1.165, 1.54) is 51.4 Å². The van der Waals surface area contributed by atoms with E-state index in [0.717, 1.165) is 43.1 Å². The SMILES string of the molecule is O[C@@H](COc1ccc(C23CC4CC(CC(C4)C2)C3)cc1)CN1CCCC1. The van der Waals surface area contributed by atoms with Gasteiger partial charge in [-0.3, -0.25) is 0 Å². The van der Waals surface area contributed by atoms with Crippen molar-refractivity contribution in [3.8, 4) is 5.75 Å². The molecule has 1 saturated heterocycles. The Balaban J connectivity index is 1.19. The Morgan fingerprint density at radius 1 is 0.962 bits per heavy atom. The molecule has 0 amide bonds. The van der Waals surface area contributed by atoms with E-state index in [1.807, 2.05) is 0 Å². The third-order valence-electron chi connectivity index (χ3n) is 7.61. The van der Waals surface area contributed by atoms with Gasteiger partial charge in [-0.25, -0.2) is 0 Å². The largest absolute Gasteiger partial charge is 0.491 e. The first kappa shape index (κ1) is 17.1. The molecule has 0 spiro atoms. The summed E-state index contributed by atoms with van der Waals surface area (Å²) < 4.78 is 5.88. The van der Waals surface area contributed by atoms with E-state index >= 15 is 0 Å². The summed E-state index contributed by atoms with van der Waals surface area (Å²) in [5.41, 5.74) is 2.00. The zero-order chi connectivity index (χ0) is 17.6. The van der Waals surface area contributed by atoms with Crippen LogP contribution in [-0.4, -0.2) is 42.4 Å². The van der Waals surface area contributed by atoms with Gasteiger partial charge in [0, 0.05) is 6.54 Å². The van der Waals surface area contributed by atoms with Crippen LogP contribution in [0.5, 0.6) is 5.75 Å². The second kappa shape index (κ2) is 6.83. The monoisotopic (exact) mass is 355 g/mol. The number of aliphatic hydroxyl groups is 1. The van der Waals surface area contributed by atoms with Crippen LogP contribution in [0.4, 0.5) is 0 Å². The first-order chi connectivity index (χ1) is 12.7. The van der Waals surface area contributed by atoms with E-state index in [-0.39, 0.29) is 0 Å². The fourth-order valence-electron chi connectivity index (χ4n) is 6.88. The lowest BCUT2D eigenvalue weighted by atomic mass is 9.48. The molecule has 1 aliphatic heterocycles. The van der Waals surface area contributed by atoms with Crippen molar-refractivity contribution in [2.45, 2.75) is 62.9 Å². The summed E-state index contributed by atoms with van der Waals surface area (Å²) in [4.78, 5) is 2.34. The first-order valence-corrected chi connectivity index (χ1v) is 10.8. The van der Waals surface area contributed by atoms with Gasteiger partial charge in [0.05, 0.1) is 0 Å². The van der Waals surface area contributed by atoms with E-state index in [0.29, 0.717) is 12.0 Å². The highest BCUT2D eigenvalue weighted by Crippen LogP contribution is 2.60. The van der Waals surface area contributed by atoms with Crippen LogP contribution in [0.15, 0.2) is 24.3 Å². The number of ether oxygens (including phenoxy) is 1. The van der Waals surface area contributed by atoms with Crippen molar-refractivity contribution in [2.75, 3.05) is 26.2 Å². The zero-order valence-corrected chi connectivity index (χ0v) is 15.9. The molecular formula is C23H33NO2. The molecule has 26 heavy (non-hydrogen) atoms. The maximum Gasteiger partial charge on any atom is 0.119 e. The predicted octanol–water partition coefficient (Wildman–Crippen LogP) is 3.99. The Morgan fingerprint density at radius 2 is 1.54 bits per heavy atom. The molecule has 1 aromatic rings. The van der Waals surface area contributed by atoms with Crippen molar-refractivity contribution >= 4 is 0 Å². The summed E-state index contributed by atoms with van der Waals surface area (Å²) in [5.74, 6) is 3.85. The number of rotatable bonds is 6. The molecule has 6 rings (SSSR count). The van der Waals surface area contributed by atoms with Crippen LogP contribution in [0.25, 0.3) is 0 Å². The standard InChI is InChI=1S/C23H33NO2/c25-21(15-24-7-1-2-8-24)16-26-22-5-3-20(4-6-22)23-12-17-9-18(13-23)11-19(10-17)14-23/h3-6,17-19,21,25H,1-2,7-16H2/t17?,18?,19?,21-,23?/m1/s1. The predicted molar refractivity (Wildman–Crippen MR) is 103 cm³/mol. The second-order valence-electron chi connectivity index (χ2n) is 9.69. The quantitative estimate of drug-likeness (QED) is 0.837. The molecule has 4 saturated carbocycles. The molecule has 0 radical (unpaired) electrons. The first-order valence-electron chi connectivity index (χ1n) is 10.8. The van der Waals surface area contributed by atoms with E-state index in [9.17, 15) is 5.11 Å².